The van der Waals surface area contributed by atoms with E-state index in [0.29, 0.717) is 11.9 Å². The first-order chi connectivity index (χ1) is 17.7. The molecule has 0 aliphatic carbocycles. The van der Waals surface area contributed by atoms with Crippen LogP contribution in [0.15, 0.2) is 48.9 Å². The molecule has 2 atom stereocenters. The summed E-state index contributed by atoms with van der Waals surface area (Å²) >= 11 is 0. The van der Waals surface area contributed by atoms with Crippen molar-refractivity contribution in [2.75, 3.05) is 57.1 Å². The van der Waals surface area contributed by atoms with E-state index in [0.717, 1.165) is 79.0 Å². The predicted molar refractivity (Wildman–Crippen MR) is 140 cm³/mol. The molecule has 0 bridgehead atoms. The van der Waals surface area contributed by atoms with Crippen LogP contribution in [0.4, 0.5) is 11.5 Å². The molecule has 3 saturated heterocycles. The third-order valence-electron chi connectivity index (χ3n) is 8.24. The minimum Gasteiger partial charge on any atom is -0.382 e. The van der Waals surface area contributed by atoms with Crippen molar-refractivity contribution >= 4 is 17.0 Å². The van der Waals surface area contributed by atoms with Gasteiger partial charge in [0, 0.05) is 62.4 Å². The molecule has 0 saturated carbocycles. The topological polar surface area (TPSA) is 89.7 Å². The maximum Gasteiger partial charge on any atom is 0.152 e. The van der Waals surface area contributed by atoms with Crippen LogP contribution in [0.3, 0.4) is 0 Å². The first kappa shape index (κ1) is 21.8. The number of hydrogen-bond acceptors (Lipinski definition) is 7. The molecule has 3 aliphatic heterocycles. The van der Waals surface area contributed by atoms with E-state index in [1.807, 2.05) is 10.7 Å². The maximum atomic E-state index is 6.44. The Bertz CT molecular complexity index is 1390. The van der Waals surface area contributed by atoms with Gasteiger partial charge in [-0.3, -0.25) is 4.68 Å². The maximum absolute atomic E-state index is 6.44. The summed E-state index contributed by atoms with van der Waals surface area (Å²) in [6, 6.07) is 13.4. The van der Waals surface area contributed by atoms with E-state index in [4.69, 9.17) is 15.6 Å². The van der Waals surface area contributed by atoms with Crippen molar-refractivity contribution in [3.8, 4) is 22.5 Å². The van der Waals surface area contributed by atoms with Crippen LogP contribution in [0.1, 0.15) is 18.9 Å². The predicted octanol–water partition coefficient (Wildman–Crippen LogP) is 3.19. The van der Waals surface area contributed by atoms with E-state index in [9.17, 15) is 0 Å². The number of nitrogens with zero attached hydrogens (tertiary/aromatic N) is 7. The van der Waals surface area contributed by atoms with Gasteiger partial charge in [0.05, 0.1) is 17.4 Å². The Balaban J connectivity index is 1.29. The van der Waals surface area contributed by atoms with Crippen LogP contribution in [0.25, 0.3) is 28.0 Å². The van der Waals surface area contributed by atoms with Gasteiger partial charge in [0.2, 0.25) is 0 Å². The number of benzene rings is 1. The minimum atomic E-state index is 0.310. The van der Waals surface area contributed by atoms with Crippen LogP contribution in [-0.2, 0) is 4.74 Å². The van der Waals surface area contributed by atoms with Crippen molar-refractivity contribution in [1.29, 1.82) is 0 Å². The molecule has 36 heavy (non-hydrogen) atoms. The van der Waals surface area contributed by atoms with E-state index >= 15 is 0 Å². The summed E-state index contributed by atoms with van der Waals surface area (Å²) in [5.41, 5.74) is 12.7. The number of rotatable bonds is 4. The van der Waals surface area contributed by atoms with Crippen LogP contribution in [0.5, 0.6) is 0 Å². The van der Waals surface area contributed by atoms with E-state index in [-0.39, 0.29) is 0 Å². The molecule has 4 aromatic rings. The zero-order valence-electron chi connectivity index (χ0n) is 20.6. The fourth-order valence-electron chi connectivity index (χ4n) is 6.52. The molecule has 0 radical (unpaired) electrons. The Hall–Kier alpha value is -3.43. The Labute approximate surface area is 210 Å². The summed E-state index contributed by atoms with van der Waals surface area (Å²) in [7, 11) is 2.24. The van der Waals surface area contributed by atoms with Crippen LogP contribution in [0, 0.1) is 11.8 Å². The molecule has 3 fully saturated rings. The van der Waals surface area contributed by atoms with Crippen molar-refractivity contribution in [3.05, 3.63) is 48.9 Å². The average Bonchev–Trinajstić information content (AvgIpc) is 3.67. The zero-order valence-corrected chi connectivity index (χ0v) is 20.6. The lowest BCUT2D eigenvalue weighted by Crippen LogP contribution is -2.26. The molecule has 9 nitrogen and oxygen atoms in total. The summed E-state index contributed by atoms with van der Waals surface area (Å²) < 4.78 is 9.65. The highest BCUT2D eigenvalue weighted by Gasteiger charge is 2.38. The van der Waals surface area contributed by atoms with Gasteiger partial charge in [0.1, 0.15) is 11.8 Å². The molecule has 6 heterocycles. The van der Waals surface area contributed by atoms with Crippen molar-refractivity contribution in [2.45, 2.75) is 18.9 Å². The van der Waals surface area contributed by atoms with Gasteiger partial charge in [-0.1, -0.05) is 12.1 Å². The Morgan fingerprint density at radius 1 is 0.944 bits per heavy atom. The zero-order chi connectivity index (χ0) is 24.2. The summed E-state index contributed by atoms with van der Waals surface area (Å²) in [4.78, 5) is 9.34. The van der Waals surface area contributed by atoms with Crippen molar-refractivity contribution < 1.29 is 4.74 Å². The molecule has 1 aromatic carbocycles. The molecule has 7 rings (SSSR count). The molecule has 9 heteroatoms. The molecule has 0 spiro atoms. The molecule has 3 aromatic heterocycles. The highest BCUT2D eigenvalue weighted by molar-refractivity contribution is 5.91. The van der Waals surface area contributed by atoms with Crippen LogP contribution >= 0.6 is 0 Å². The molecule has 186 valence electrons. The second kappa shape index (κ2) is 8.60. The molecular formula is C27H32N8O. The van der Waals surface area contributed by atoms with Crippen LogP contribution in [0.2, 0.25) is 0 Å². The average molecular weight is 485 g/mol. The van der Waals surface area contributed by atoms with Crippen molar-refractivity contribution in [3.63, 3.8) is 0 Å². The third kappa shape index (κ3) is 3.57. The number of fused-ring (bicyclic) bond motifs is 2. The Morgan fingerprint density at radius 2 is 1.75 bits per heavy atom. The quantitative estimate of drug-likeness (QED) is 0.476. The van der Waals surface area contributed by atoms with E-state index < -0.39 is 0 Å². The first-order valence-electron chi connectivity index (χ1n) is 12.9. The molecule has 2 unspecified atom stereocenters. The highest BCUT2D eigenvalue weighted by atomic mass is 16.5. The number of anilines is 2. The summed E-state index contributed by atoms with van der Waals surface area (Å²) in [5.74, 6) is 1.99. The van der Waals surface area contributed by atoms with Crippen molar-refractivity contribution in [1.82, 2.24) is 29.3 Å². The summed E-state index contributed by atoms with van der Waals surface area (Å²) in [6.45, 7) is 6.17. The molecule has 0 amide bonds. The number of hydrogen-bond donors (Lipinski definition) is 1. The van der Waals surface area contributed by atoms with Crippen LogP contribution < -0.4 is 10.6 Å². The van der Waals surface area contributed by atoms with E-state index in [2.05, 4.69) is 68.0 Å². The van der Waals surface area contributed by atoms with Gasteiger partial charge in [0.15, 0.2) is 5.82 Å². The molecule has 2 N–H and O–H groups in total. The van der Waals surface area contributed by atoms with Crippen LogP contribution in [-0.4, -0.2) is 75.7 Å². The van der Waals surface area contributed by atoms with Gasteiger partial charge >= 0.3 is 0 Å². The second-order valence-corrected chi connectivity index (χ2v) is 10.6. The van der Waals surface area contributed by atoms with E-state index in [1.165, 1.54) is 25.1 Å². The van der Waals surface area contributed by atoms with Gasteiger partial charge in [0.25, 0.3) is 0 Å². The summed E-state index contributed by atoms with van der Waals surface area (Å²) in [6.07, 6.45) is 5.31. The smallest absolute Gasteiger partial charge is 0.152 e. The number of nitrogens with two attached hydrogens (primary N) is 1. The standard InChI is InChI=1S/C27H32N8O/c1-32-13-19-15-33(16-20(19)14-32)22-4-2-3-18(11-22)25-12-23(26-27(28)29-17-31-35(25)26)24-5-8-30-34(24)21-6-9-36-10-7-21/h2-5,8,11-12,17,19-21H,6-7,9-10,13-16H2,1H3,(H2,28,29,31). The fourth-order valence-corrected chi connectivity index (χ4v) is 6.52. The van der Waals surface area contributed by atoms with Gasteiger partial charge in [-0.05, 0) is 56.0 Å². The van der Waals surface area contributed by atoms with Gasteiger partial charge in [-0.25, -0.2) is 9.50 Å². The van der Waals surface area contributed by atoms with Gasteiger partial charge in [-0.2, -0.15) is 10.2 Å². The first-order valence-corrected chi connectivity index (χ1v) is 12.9. The van der Waals surface area contributed by atoms with Gasteiger partial charge in [-0.15, -0.1) is 0 Å². The third-order valence-corrected chi connectivity index (χ3v) is 8.24. The minimum absolute atomic E-state index is 0.310. The number of ether oxygens (including phenoxy) is 1. The molecular weight excluding hydrogens is 452 g/mol. The Kier molecular flexibility index (Phi) is 5.21. The number of likely N-dealkylation sites (tertiary alicyclic amines) is 1. The normalized spacial score (nSPS) is 23.1. The number of nitrogen functional groups attached to an aromatic ring is 1. The molecule has 3 aliphatic rings. The van der Waals surface area contributed by atoms with Crippen molar-refractivity contribution in [2.24, 2.45) is 11.8 Å². The number of aromatic nitrogens is 5. The SMILES string of the molecule is CN1CC2CN(c3cccc(-c4cc(-c5ccnn5C5CCOCC5)c5c(N)ncnn45)c3)CC2C1. The summed E-state index contributed by atoms with van der Waals surface area (Å²) in [5, 5.41) is 9.32. The largest absolute Gasteiger partial charge is 0.382 e. The monoisotopic (exact) mass is 484 g/mol. The highest BCUT2D eigenvalue weighted by Crippen LogP contribution is 2.39. The second-order valence-electron chi connectivity index (χ2n) is 10.6. The van der Waals surface area contributed by atoms with E-state index in [1.54, 1.807) is 0 Å². The lowest BCUT2D eigenvalue weighted by atomic mass is 10.0. The van der Waals surface area contributed by atoms with Gasteiger partial charge < -0.3 is 20.3 Å². The fraction of sp³-hybridized carbons (Fsp3) is 0.444. The Morgan fingerprint density at radius 3 is 2.56 bits per heavy atom. The lowest BCUT2D eigenvalue weighted by Gasteiger charge is -2.24. The lowest BCUT2D eigenvalue weighted by molar-refractivity contribution is 0.0667.